The molecule has 6 nitrogen and oxygen atoms in total. The number of likely N-dealkylation sites (N-methyl/N-ethyl adjacent to an activating group) is 1. The van der Waals surface area contributed by atoms with Gasteiger partial charge >= 0.3 is 0 Å². The third-order valence-corrected chi connectivity index (χ3v) is 5.98. The average Bonchev–Trinajstić information content (AvgIpc) is 3.28. The normalized spacial score (nSPS) is 14.9. The van der Waals surface area contributed by atoms with Crippen LogP contribution in [0.2, 0.25) is 0 Å². The molecule has 2 aromatic carbocycles. The topological polar surface area (TPSA) is 66.0 Å². The molecule has 0 unspecified atom stereocenters. The molecule has 0 aromatic heterocycles. The first-order valence-electron chi connectivity index (χ1n) is 10.9. The summed E-state index contributed by atoms with van der Waals surface area (Å²) in [7, 11) is 5.24. The van der Waals surface area contributed by atoms with Gasteiger partial charge in [-0.05, 0) is 36.1 Å². The maximum Gasteiger partial charge on any atom is 0.259 e. The van der Waals surface area contributed by atoms with Gasteiger partial charge in [0.25, 0.3) is 5.91 Å². The average molecular weight is 550 g/mol. The molecular formula is C25H35IN4O2. The Bertz CT molecular complexity index is 881. The highest BCUT2D eigenvalue weighted by molar-refractivity contribution is 14.0. The maximum atomic E-state index is 11.7. The lowest BCUT2D eigenvalue weighted by atomic mass is 9.79. The molecule has 32 heavy (non-hydrogen) atoms. The molecule has 2 aromatic rings. The summed E-state index contributed by atoms with van der Waals surface area (Å²) in [6.45, 7) is 1.53. The summed E-state index contributed by atoms with van der Waals surface area (Å²) in [4.78, 5) is 17.7. The van der Waals surface area contributed by atoms with Crippen molar-refractivity contribution in [2.75, 3.05) is 34.3 Å². The number of aliphatic imine (C=N–C) groups is 1. The monoisotopic (exact) mass is 550 g/mol. The molecule has 0 bridgehead atoms. The van der Waals surface area contributed by atoms with Crippen LogP contribution >= 0.6 is 24.0 Å². The van der Waals surface area contributed by atoms with Gasteiger partial charge in [0, 0.05) is 39.6 Å². The van der Waals surface area contributed by atoms with Crippen LogP contribution in [0.25, 0.3) is 0 Å². The zero-order chi connectivity index (χ0) is 22.1. The van der Waals surface area contributed by atoms with Gasteiger partial charge in [0.15, 0.2) is 12.6 Å². The fourth-order valence-electron chi connectivity index (χ4n) is 4.09. The second kappa shape index (κ2) is 12.7. The van der Waals surface area contributed by atoms with Crippen molar-refractivity contribution in [3.8, 4) is 5.75 Å². The van der Waals surface area contributed by atoms with Crippen LogP contribution in [-0.4, -0.2) is 51.1 Å². The highest BCUT2D eigenvalue weighted by atomic mass is 127. The molecule has 2 N–H and O–H groups in total. The van der Waals surface area contributed by atoms with Gasteiger partial charge in [0.05, 0.1) is 0 Å². The van der Waals surface area contributed by atoms with Crippen LogP contribution in [-0.2, 0) is 16.8 Å². The lowest BCUT2D eigenvalue weighted by Gasteiger charge is -2.30. The number of hydrogen-bond donors (Lipinski definition) is 2. The summed E-state index contributed by atoms with van der Waals surface area (Å²) in [5.74, 6) is 1.41. The standard InChI is InChI=1S/C25H34N4O2.HI/c1-26-24(28-19-25(14-7-8-15-25)21-11-5-4-6-12-21)27-17-20-10-9-13-22(16-20)31-18-23(30)29(2)3;/h4-6,9-13,16H,7-8,14-15,17-19H2,1-3H3,(H2,26,27,28);1H. The van der Waals surface area contributed by atoms with E-state index >= 15 is 0 Å². The summed E-state index contributed by atoms with van der Waals surface area (Å²) in [5.41, 5.74) is 2.65. The van der Waals surface area contributed by atoms with E-state index in [0.717, 1.165) is 18.1 Å². The highest BCUT2D eigenvalue weighted by Gasteiger charge is 2.35. The molecule has 0 spiro atoms. The number of hydrogen-bond acceptors (Lipinski definition) is 3. The third-order valence-electron chi connectivity index (χ3n) is 5.98. The van der Waals surface area contributed by atoms with Crippen molar-refractivity contribution in [1.82, 2.24) is 15.5 Å². The van der Waals surface area contributed by atoms with Gasteiger partial charge < -0.3 is 20.3 Å². The Morgan fingerprint density at radius 2 is 1.78 bits per heavy atom. The van der Waals surface area contributed by atoms with E-state index in [-0.39, 0.29) is 41.9 Å². The van der Waals surface area contributed by atoms with Crippen molar-refractivity contribution >= 4 is 35.8 Å². The van der Waals surface area contributed by atoms with Gasteiger partial charge in [0.1, 0.15) is 5.75 Å². The Hall–Kier alpha value is -2.29. The van der Waals surface area contributed by atoms with Crippen molar-refractivity contribution in [3.63, 3.8) is 0 Å². The lowest BCUT2D eigenvalue weighted by Crippen LogP contribution is -2.44. The SMILES string of the molecule is CN=C(NCc1cccc(OCC(=O)N(C)C)c1)NCC1(c2ccccc2)CCCC1.I. The molecule has 1 aliphatic carbocycles. The van der Waals surface area contributed by atoms with Gasteiger partial charge in [-0.1, -0.05) is 55.3 Å². The predicted octanol–water partition coefficient (Wildman–Crippen LogP) is 3.95. The van der Waals surface area contributed by atoms with E-state index in [1.54, 1.807) is 21.1 Å². The van der Waals surface area contributed by atoms with Crippen LogP contribution in [0.1, 0.15) is 36.8 Å². The molecule has 1 fully saturated rings. The van der Waals surface area contributed by atoms with Crippen molar-refractivity contribution < 1.29 is 9.53 Å². The van der Waals surface area contributed by atoms with E-state index in [0.29, 0.717) is 12.3 Å². The van der Waals surface area contributed by atoms with Gasteiger partial charge in [-0.3, -0.25) is 9.79 Å². The number of guanidine groups is 1. The predicted molar refractivity (Wildman–Crippen MR) is 141 cm³/mol. The quantitative estimate of drug-likeness (QED) is 0.297. The highest BCUT2D eigenvalue weighted by Crippen LogP contribution is 2.40. The first kappa shape index (κ1) is 26.0. The van der Waals surface area contributed by atoms with Crippen LogP contribution < -0.4 is 15.4 Å². The zero-order valence-corrected chi connectivity index (χ0v) is 21.6. The van der Waals surface area contributed by atoms with Crippen molar-refractivity contribution in [3.05, 3.63) is 65.7 Å². The summed E-state index contributed by atoms with van der Waals surface area (Å²) >= 11 is 0. The Morgan fingerprint density at radius 3 is 2.44 bits per heavy atom. The van der Waals surface area contributed by atoms with Crippen molar-refractivity contribution in [2.45, 2.75) is 37.6 Å². The summed E-state index contributed by atoms with van der Waals surface area (Å²) < 4.78 is 5.62. The van der Waals surface area contributed by atoms with E-state index in [1.165, 1.54) is 36.1 Å². The number of ether oxygens (including phenoxy) is 1. The molecule has 0 saturated heterocycles. The Labute approximate surface area is 208 Å². The molecule has 3 rings (SSSR count). The second-order valence-electron chi connectivity index (χ2n) is 8.36. The number of carbonyl (C=O) groups excluding carboxylic acids is 1. The smallest absolute Gasteiger partial charge is 0.259 e. The second-order valence-corrected chi connectivity index (χ2v) is 8.36. The first-order chi connectivity index (χ1) is 15.0. The maximum absolute atomic E-state index is 11.7. The largest absolute Gasteiger partial charge is 0.484 e. The molecule has 1 amide bonds. The molecule has 0 atom stereocenters. The molecule has 7 heteroatoms. The van der Waals surface area contributed by atoms with E-state index < -0.39 is 0 Å². The van der Waals surface area contributed by atoms with Crippen molar-refractivity contribution in [1.29, 1.82) is 0 Å². The Morgan fingerprint density at radius 1 is 1.06 bits per heavy atom. The number of benzene rings is 2. The van der Waals surface area contributed by atoms with Gasteiger partial charge in [-0.25, -0.2) is 0 Å². The van der Waals surface area contributed by atoms with Crippen LogP contribution in [0.3, 0.4) is 0 Å². The van der Waals surface area contributed by atoms with Crippen LogP contribution in [0, 0.1) is 0 Å². The number of nitrogens with one attached hydrogen (secondary N) is 2. The molecule has 0 radical (unpaired) electrons. The van der Waals surface area contributed by atoms with Crippen LogP contribution in [0.5, 0.6) is 5.75 Å². The summed E-state index contributed by atoms with van der Waals surface area (Å²) in [6.07, 6.45) is 4.94. The van der Waals surface area contributed by atoms with Crippen LogP contribution in [0.15, 0.2) is 59.6 Å². The Kier molecular flexibility index (Phi) is 10.3. The molecule has 0 heterocycles. The minimum atomic E-state index is -0.0626. The molecule has 1 aliphatic rings. The van der Waals surface area contributed by atoms with Gasteiger partial charge in [-0.2, -0.15) is 0 Å². The lowest BCUT2D eigenvalue weighted by molar-refractivity contribution is -0.130. The molecular weight excluding hydrogens is 515 g/mol. The van der Waals surface area contributed by atoms with Crippen LogP contribution in [0.4, 0.5) is 0 Å². The van der Waals surface area contributed by atoms with Gasteiger partial charge in [-0.15, -0.1) is 24.0 Å². The van der Waals surface area contributed by atoms with E-state index in [2.05, 4.69) is 46.0 Å². The van der Waals surface area contributed by atoms with E-state index in [4.69, 9.17) is 4.74 Å². The van der Waals surface area contributed by atoms with E-state index in [9.17, 15) is 4.79 Å². The zero-order valence-electron chi connectivity index (χ0n) is 19.3. The first-order valence-corrected chi connectivity index (χ1v) is 10.9. The molecule has 1 saturated carbocycles. The summed E-state index contributed by atoms with van der Waals surface area (Å²) in [5, 5.41) is 6.94. The fourth-order valence-corrected chi connectivity index (χ4v) is 4.09. The number of nitrogens with zero attached hydrogens (tertiary/aromatic N) is 2. The minimum Gasteiger partial charge on any atom is -0.484 e. The summed E-state index contributed by atoms with van der Waals surface area (Å²) in [6, 6.07) is 18.6. The van der Waals surface area contributed by atoms with Crippen molar-refractivity contribution in [2.24, 2.45) is 4.99 Å². The molecule has 0 aliphatic heterocycles. The van der Waals surface area contributed by atoms with Gasteiger partial charge in [0.2, 0.25) is 0 Å². The molecule has 174 valence electrons. The third kappa shape index (κ3) is 7.12. The minimum absolute atomic E-state index is 0. The fraction of sp³-hybridized carbons (Fsp3) is 0.440. The number of amides is 1. The number of carbonyl (C=O) groups is 1. The van der Waals surface area contributed by atoms with E-state index in [1.807, 2.05) is 24.3 Å². The Balaban J connectivity index is 0.00000363. The number of halogens is 1. The number of rotatable bonds is 8.